The highest BCUT2D eigenvalue weighted by Gasteiger charge is 2.19. The highest BCUT2D eigenvalue weighted by Crippen LogP contribution is 2.33. The van der Waals surface area contributed by atoms with Crippen LogP contribution in [-0.4, -0.2) is 6.61 Å². The van der Waals surface area contributed by atoms with E-state index in [1.54, 1.807) is 6.07 Å². The van der Waals surface area contributed by atoms with Crippen molar-refractivity contribution in [3.05, 3.63) is 29.3 Å². The Kier molecular flexibility index (Phi) is 1.51. The maximum atomic E-state index is 8.63. The van der Waals surface area contributed by atoms with Crippen molar-refractivity contribution in [2.24, 2.45) is 0 Å². The van der Waals surface area contributed by atoms with Crippen molar-refractivity contribution < 1.29 is 4.74 Å². The molecule has 1 atom stereocenters. The van der Waals surface area contributed by atoms with Gasteiger partial charge in [-0.25, -0.2) is 0 Å². The van der Waals surface area contributed by atoms with Gasteiger partial charge in [0.05, 0.1) is 18.2 Å². The van der Waals surface area contributed by atoms with Gasteiger partial charge in [0.2, 0.25) is 0 Å². The first-order chi connectivity index (χ1) is 5.81. The van der Waals surface area contributed by atoms with E-state index in [1.165, 1.54) is 5.56 Å². The van der Waals surface area contributed by atoms with Crippen LogP contribution in [0.5, 0.6) is 5.75 Å². The minimum absolute atomic E-state index is 0.466. The fourth-order valence-corrected chi connectivity index (χ4v) is 1.44. The molecule has 1 aromatic carbocycles. The second kappa shape index (κ2) is 2.53. The molecule has 0 aliphatic carbocycles. The molecule has 1 heterocycles. The van der Waals surface area contributed by atoms with Crippen LogP contribution in [0, 0.1) is 11.3 Å². The number of ether oxygens (including phenoxy) is 1. The van der Waals surface area contributed by atoms with Gasteiger partial charge < -0.3 is 4.74 Å². The molecule has 1 aromatic rings. The van der Waals surface area contributed by atoms with Gasteiger partial charge in [0.15, 0.2) is 0 Å². The zero-order valence-electron chi connectivity index (χ0n) is 6.87. The molecule has 2 rings (SSSR count). The number of hydrogen-bond acceptors (Lipinski definition) is 2. The van der Waals surface area contributed by atoms with Crippen LogP contribution in [0.3, 0.4) is 0 Å². The Morgan fingerprint density at radius 2 is 2.42 bits per heavy atom. The highest BCUT2D eigenvalue weighted by atomic mass is 16.5. The van der Waals surface area contributed by atoms with Crippen molar-refractivity contribution in [3.63, 3.8) is 0 Å². The van der Waals surface area contributed by atoms with E-state index in [2.05, 4.69) is 13.0 Å². The molecule has 0 aromatic heterocycles. The molecule has 0 saturated carbocycles. The second-order valence-corrected chi connectivity index (χ2v) is 3.08. The number of nitrogens with zero attached hydrogens (tertiary/aromatic N) is 1. The van der Waals surface area contributed by atoms with Gasteiger partial charge >= 0.3 is 0 Å². The molecule has 0 bridgehead atoms. The van der Waals surface area contributed by atoms with Gasteiger partial charge in [-0.05, 0) is 12.1 Å². The van der Waals surface area contributed by atoms with Gasteiger partial charge in [0, 0.05) is 11.5 Å². The summed E-state index contributed by atoms with van der Waals surface area (Å²) in [5.41, 5.74) is 1.89. The summed E-state index contributed by atoms with van der Waals surface area (Å²) in [5.74, 6) is 1.34. The normalized spacial score (nSPS) is 19.5. The molecule has 0 amide bonds. The van der Waals surface area contributed by atoms with E-state index >= 15 is 0 Å². The zero-order valence-corrected chi connectivity index (χ0v) is 6.87. The van der Waals surface area contributed by atoms with Crippen LogP contribution in [0.15, 0.2) is 18.2 Å². The molecule has 2 heteroatoms. The predicted octanol–water partition coefficient (Wildman–Crippen LogP) is 2.05. The molecule has 0 unspecified atom stereocenters. The van der Waals surface area contributed by atoms with Crippen molar-refractivity contribution in [1.29, 1.82) is 5.26 Å². The van der Waals surface area contributed by atoms with Gasteiger partial charge in [-0.1, -0.05) is 13.0 Å². The quantitative estimate of drug-likeness (QED) is 0.580. The lowest BCUT2D eigenvalue weighted by molar-refractivity contribution is 0.337. The number of nitriles is 1. The largest absolute Gasteiger partial charge is 0.493 e. The summed E-state index contributed by atoms with van der Waals surface area (Å²) in [4.78, 5) is 0. The Labute approximate surface area is 71.4 Å². The van der Waals surface area contributed by atoms with E-state index in [-0.39, 0.29) is 0 Å². The average Bonchev–Trinajstić information content (AvgIpc) is 2.47. The Morgan fingerprint density at radius 1 is 1.58 bits per heavy atom. The fourth-order valence-electron chi connectivity index (χ4n) is 1.44. The molecule has 60 valence electrons. The van der Waals surface area contributed by atoms with Crippen LogP contribution in [-0.2, 0) is 0 Å². The highest BCUT2D eigenvalue weighted by molar-refractivity contribution is 5.46. The van der Waals surface area contributed by atoms with Crippen LogP contribution in [0.25, 0.3) is 0 Å². The van der Waals surface area contributed by atoms with Crippen LogP contribution in [0.4, 0.5) is 0 Å². The molecule has 12 heavy (non-hydrogen) atoms. The molecular formula is C10H9NO. The number of hydrogen-bond donors (Lipinski definition) is 0. The van der Waals surface area contributed by atoms with Gasteiger partial charge in [-0.3, -0.25) is 0 Å². The number of rotatable bonds is 0. The van der Waals surface area contributed by atoms with E-state index in [0.29, 0.717) is 11.5 Å². The van der Waals surface area contributed by atoms with E-state index in [0.717, 1.165) is 12.4 Å². The molecule has 0 N–H and O–H groups in total. The van der Waals surface area contributed by atoms with Crippen molar-refractivity contribution >= 4 is 0 Å². The lowest BCUT2D eigenvalue weighted by Crippen LogP contribution is -1.93. The summed E-state index contributed by atoms with van der Waals surface area (Å²) >= 11 is 0. The summed E-state index contributed by atoms with van der Waals surface area (Å²) in [6.45, 7) is 2.86. The number of benzene rings is 1. The van der Waals surface area contributed by atoms with Crippen molar-refractivity contribution in [1.82, 2.24) is 0 Å². The Bertz CT molecular complexity index is 351. The monoisotopic (exact) mass is 159 g/mol. The molecule has 1 aliphatic heterocycles. The molecule has 2 nitrogen and oxygen atoms in total. The zero-order chi connectivity index (χ0) is 8.55. The minimum atomic E-state index is 0.466. The average molecular weight is 159 g/mol. The summed E-state index contributed by atoms with van der Waals surface area (Å²) in [6.07, 6.45) is 0. The minimum Gasteiger partial charge on any atom is -0.493 e. The van der Waals surface area contributed by atoms with Crippen molar-refractivity contribution in [2.45, 2.75) is 12.8 Å². The Morgan fingerprint density at radius 3 is 3.17 bits per heavy atom. The van der Waals surface area contributed by atoms with Gasteiger partial charge in [-0.2, -0.15) is 5.26 Å². The molecule has 0 fully saturated rings. The standard InChI is InChI=1S/C10H9NO/c1-7-6-12-10-4-8(5-11)2-3-9(7)10/h2-4,7H,6H2,1H3/t7-/m1/s1. The van der Waals surface area contributed by atoms with E-state index < -0.39 is 0 Å². The third-order valence-electron chi connectivity index (χ3n) is 2.16. The maximum absolute atomic E-state index is 8.63. The third kappa shape index (κ3) is 0.947. The Hall–Kier alpha value is -1.49. The van der Waals surface area contributed by atoms with E-state index in [1.807, 2.05) is 12.1 Å². The SMILES string of the molecule is C[C@@H]1COc2cc(C#N)ccc21. The third-order valence-corrected chi connectivity index (χ3v) is 2.16. The van der Waals surface area contributed by atoms with Gasteiger partial charge in [0.25, 0.3) is 0 Å². The van der Waals surface area contributed by atoms with Crippen LogP contribution in [0.2, 0.25) is 0 Å². The van der Waals surface area contributed by atoms with Crippen molar-refractivity contribution in [2.75, 3.05) is 6.61 Å². The first kappa shape index (κ1) is 7.17. The molecular weight excluding hydrogens is 150 g/mol. The Balaban J connectivity index is 2.50. The lowest BCUT2D eigenvalue weighted by Gasteiger charge is -1.98. The predicted molar refractivity (Wildman–Crippen MR) is 45.1 cm³/mol. The summed E-state index contributed by atoms with van der Waals surface area (Å²) in [6, 6.07) is 7.71. The first-order valence-corrected chi connectivity index (χ1v) is 3.98. The number of fused-ring (bicyclic) bond motifs is 1. The van der Waals surface area contributed by atoms with E-state index in [9.17, 15) is 0 Å². The summed E-state index contributed by atoms with van der Waals surface area (Å²) in [5, 5.41) is 8.63. The first-order valence-electron chi connectivity index (χ1n) is 3.98. The van der Waals surface area contributed by atoms with Crippen LogP contribution < -0.4 is 4.74 Å². The molecule has 0 spiro atoms. The topological polar surface area (TPSA) is 33.0 Å². The van der Waals surface area contributed by atoms with Gasteiger partial charge in [-0.15, -0.1) is 0 Å². The second-order valence-electron chi connectivity index (χ2n) is 3.08. The summed E-state index contributed by atoms with van der Waals surface area (Å²) in [7, 11) is 0. The van der Waals surface area contributed by atoms with Crippen LogP contribution in [0.1, 0.15) is 24.0 Å². The summed E-state index contributed by atoms with van der Waals surface area (Å²) < 4.78 is 5.40. The van der Waals surface area contributed by atoms with Crippen LogP contribution >= 0.6 is 0 Å². The van der Waals surface area contributed by atoms with E-state index in [4.69, 9.17) is 10.00 Å². The maximum Gasteiger partial charge on any atom is 0.124 e. The molecule has 0 saturated heterocycles. The van der Waals surface area contributed by atoms with Gasteiger partial charge in [0.1, 0.15) is 5.75 Å². The molecule has 0 radical (unpaired) electrons. The molecule has 1 aliphatic rings. The fraction of sp³-hybridized carbons (Fsp3) is 0.300. The van der Waals surface area contributed by atoms with Crippen molar-refractivity contribution in [3.8, 4) is 11.8 Å². The smallest absolute Gasteiger partial charge is 0.124 e. The lowest BCUT2D eigenvalue weighted by atomic mass is 10.0.